The zero-order valence-electron chi connectivity index (χ0n) is 16.6. The van der Waals surface area contributed by atoms with Gasteiger partial charge in [-0.2, -0.15) is 5.26 Å². The summed E-state index contributed by atoms with van der Waals surface area (Å²) in [6.45, 7) is 0. The van der Waals surface area contributed by atoms with Gasteiger partial charge in [0.15, 0.2) is 0 Å². The first-order valence-corrected chi connectivity index (χ1v) is 11.6. The standard InChI is InChI=1S/C25H15FN4S2/c26-15-11-9-14(10-12-15)21-16(13-27)25-30(18-6-2-4-8-20(18)32-25)23(28)22(21)24-29-17-5-1-3-7-19(17)31-24/h1-12,21,28-29H/t21-/m0/s1. The molecule has 3 aromatic rings. The van der Waals surface area contributed by atoms with Crippen LogP contribution >= 0.6 is 23.5 Å². The number of hydrogen-bond acceptors (Lipinski definition) is 5. The van der Waals surface area contributed by atoms with Crippen LogP contribution < -0.4 is 10.2 Å². The lowest BCUT2D eigenvalue weighted by molar-refractivity contribution is 0.627. The number of hydrogen-bond donors (Lipinski definition) is 2. The van der Waals surface area contributed by atoms with Crippen molar-refractivity contribution in [3.05, 3.63) is 105 Å². The van der Waals surface area contributed by atoms with Gasteiger partial charge < -0.3 is 5.32 Å². The molecule has 3 heterocycles. The molecule has 4 nitrogen and oxygen atoms in total. The summed E-state index contributed by atoms with van der Waals surface area (Å²) in [5, 5.41) is 24.6. The highest BCUT2D eigenvalue weighted by atomic mass is 32.2. The number of rotatable bonds is 1. The summed E-state index contributed by atoms with van der Waals surface area (Å²) < 4.78 is 13.7. The Balaban J connectivity index is 1.61. The molecule has 0 fully saturated rings. The first-order valence-electron chi connectivity index (χ1n) is 9.99. The minimum Gasteiger partial charge on any atom is -0.349 e. The maximum atomic E-state index is 13.7. The second kappa shape index (κ2) is 7.30. The van der Waals surface area contributed by atoms with Crippen LogP contribution in [0.1, 0.15) is 11.5 Å². The first-order chi connectivity index (χ1) is 15.7. The van der Waals surface area contributed by atoms with Crippen LogP contribution in [0.5, 0.6) is 0 Å². The Morgan fingerprint density at radius 2 is 1.66 bits per heavy atom. The van der Waals surface area contributed by atoms with Crippen LogP contribution in [0.2, 0.25) is 0 Å². The number of amidine groups is 1. The summed E-state index contributed by atoms with van der Waals surface area (Å²) in [6, 6.07) is 24.5. The quantitative estimate of drug-likeness (QED) is 0.430. The lowest BCUT2D eigenvalue weighted by atomic mass is 9.82. The molecule has 0 amide bonds. The van der Waals surface area contributed by atoms with Gasteiger partial charge in [0.1, 0.15) is 16.7 Å². The van der Waals surface area contributed by atoms with Crippen LogP contribution in [0.25, 0.3) is 0 Å². The number of anilines is 2. The van der Waals surface area contributed by atoms with E-state index in [1.807, 2.05) is 53.4 Å². The zero-order valence-corrected chi connectivity index (χ0v) is 18.2. The minimum absolute atomic E-state index is 0.327. The molecule has 7 heteroatoms. The molecule has 0 unspecified atom stereocenters. The second-order valence-electron chi connectivity index (χ2n) is 7.54. The number of thioether (sulfide) groups is 2. The number of nitriles is 1. The van der Waals surface area contributed by atoms with E-state index < -0.39 is 5.92 Å². The van der Waals surface area contributed by atoms with Gasteiger partial charge in [0.25, 0.3) is 0 Å². The summed E-state index contributed by atoms with van der Waals surface area (Å²) >= 11 is 3.07. The van der Waals surface area contributed by atoms with Crippen molar-refractivity contribution < 1.29 is 4.39 Å². The van der Waals surface area contributed by atoms with Crippen LogP contribution in [-0.2, 0) is 0 Å². The summed E-state index contributed by atoms with van der Waals surface area (Å²) in [5.74, 6) is -0.468. The highest BCUT2D eigenvalue weighted by Crippen LogP contribution is 2.56. The van der Waals surface area contributed by atoms with Crippen molar-refractivity contribution >= 4 is 40.7 Å². The summed E-state index contributed by atoms with van der Waals surface area (Å²) in [6.07, 6.45) is 0. The Kier molecular flexibility index (Phi) is 4.39. The van der Waals surface area contributed by atoms with Crippen LogP contribution in [0.3, 0.4) is 0 Å². The molecular weight excluding hydrogens is 439 g/mol. The molecule has 32 heavy (non-hydrogen) atoms. The first kappa shape index (κ1) is 19.2. The number of fused-ring (bicyclic) bond motifs is 4. The molecule has 1 atom stereocenters. The molecule has 0 spiro atoms. The lowest BCUT2D eigenvalue weighted by Gasteiger charge is -2.35. The summed E-state index contributed by atoms with van der Waals surface area (Å²) in [4.78, 5) is 3.95. The number of allylic oxidation sites excluding steroid dienone is 1. The summed E-state index contributed by atoms with van der Waals surface area (Å²) in [5.41, 5.74) is 3.96. The normalized spacial score (nSPS) is 21.1. The molecule has 0 saturated carbocycles. The molecule has 2 N–H and O–H groups in total. The number of halogens is 1. The van der Waals surface area contributed by atoms with Crippen molar-refractivity contribution in [2.24, 2.45) is 0 Å². The van der Waals surface area contributed by atoms with Gasteiger partial charge >= 0.3 is 0 Å². The smallest absolute Gasteiger partial charge is 0.137 e. The van der Waals surface area contributed by atoms with Crippen LogP contribution in [0.4, 0.5) is 15.8 Å². The summed E-state index contributed by atoms with van der Waals surface area (Å²) in [7, 11) is 0. The van der Waals surface area contributed by atoms with E-state index >= 15 is 0 Å². The van der Waals surface area contributed by atoms with Crippen molar-refractivity contribution in [2.75, 3.05) is 10.2 Å². The van der Waals surface area contributed by atoms with Crippen molar-refractivity contribution in [2.45, 2.75) is 15.7 Å². The topological polar surface area (TPSA) is 62.9 Å². The van der Waals surface area contributed by atoms with Gasteiger partial charge in [-0.3, -0.25) is 10.3 Å². The molecule has 3 aromatic carbocycles. The zero-order chi connectivity index (χ0) is 21.8. The third-order valence-electron chi connectivity index (χ3n) is 5.72. The predicted octanol–water partition coefficient (Wildman–Crippen LogP) is 6.68. The van der Waals surface area contributed by atoms with Gasteiger partial charge in [0, 0.05) is 15.4 Å². The lowest BCUT2D eigenvalue weighted by Crippen LogP contribution is -2.37. The highest BCUT2D eigenvalue weighted by Gasteiger charge is 2.44. The largest absolute Gasteiger partial charge is 0.349 e. The number of para-hydroxylation sites is 2. The van der Waals surface area contributed by atoms with E-state index in [0.29, 0.717) is 11.4 Å². The molecular formula is C25H15FN4S2. The molecule has 0 radical (unpaired) electrons. The average Bonchev–Trinajstić information content (AvgIpc) is 3.41. The molecule has 0 saturated heterocycles. The predicted molar refractivity (Wildman–Crippen MR) is 127 cm³/mol. The van der Waals surface area contributed by atoms with E-state index in [1.165, 1.54) is 23.9 Å². The van der Waals surface area contributed by atoms with E-state index in [1.54, 1.807) is 23.9 Å². The third kappa shape index (κ3) is 2.80. The van der Waals surface area contributed by atoms with E-state index in [0.717, 1.165) is 42.4 Å². The van der Waals surface area contributed by atoms with Crippen molar-refractivity contribution in [1.29, 1.82) is 10.7 Å². The molecule has 154 valence electrons. The van der Waals surface area contributed by atoms with E-state index in [-0.39, 0.29) is 5.82 Å². The molecule has 3 aliphatic heterocycles. The Morgan fingerprint density at radius 3 is 2.41 bits per heavy atom. The Hall–Kier alpha value is -3.47. The van der Waals surface area contributed by atoms with Gasteiger partial charge in [-0.15, -0.1) is 0 Å². The van der Waals surface area contributed by atoms with E-state index in [4.69, 9.17) is 0 Å². The van der Waals surface area contributed by atoms with E-state index in [9.17, 15) is 15.1 Å². The third-order valence-corrected chi connectivity index (χ3v) is 7.98. The van der Waals surface area contributed by atoms with Gasteiger partial charge in [-0.1, -0.05) is 59.9 Å². The molecule has 6 rings (SSSR count). The monoisotopic (exact) mass is 454 g/mol. The SMILES string of the molecule is N#CC1=C2Sc3ccccc3N2C(=N)C(=C2Nc3ccccc3S2)[C@H]1c1ccc(F)cc1. The van der Waals surface area contributed by atoms with Gasteiger partial charge in [-0.05, 0) is 42.0 Å². The average molecular weight is 455 g/mol. The van der Waals surface area contributed by atoms with Gasteiger partial charge in [-0.25, -0.2) is 4.39 Å². The number of nitrogens with zero attached hydrogens (tertiary/aromatic N) is 2. The minimum atomic E-state index is -0.467. The maximum Gasteiger partial charge on any atom is 0.137 e. The van der Waals surface area contributed by atoms with Crippen LogP contribution in [0, 0.1) is 22.6 Å². The Morgan fingerprint density at radius 1 is 0.938 bits per heavy atom. The molecule has 0 aliphatic carbocycles. The highest BCUT2D eigenvalue weighted by molar-refractivity contribution is 8.04. The van der Waals surface area contributed by atoms with Crippen LogP contribution in [-0.4, -0.2) is 5.84 Å². The number of nitrogens with one attached hydrogen (secondary N) is 2. The molecule has 0 aromatic heterocycles. The van der Waals surface area contributed by atoms with Gasteiger partial charge in [0.05, 0.1) is 34.0 Å². The van der Waals surface area contributed by atoms with Crippen LogP contribution in [0.15, 0.2) is 104 Å². The molecule has 0 bridgehead atoms. The maximum absolute atomic E-state index is 13.7. The Labute approximate surface area is 193 Å². The van der Waals surface area contributed by atoms with Crippen molar-refractivity contribution in [1.82, 2.24) is 0 Å². The fraction of sp³-hybridized carbons (Fsp3) is 0.0400. The fourth-order valence-electron chi connectivity index (χ4n) is 4.29. The van der Waals surface area contributed by atoms with Crippen molar-refractivity contribution in [3.63, 3.8) is 0 Å². The number of benzene rings is 3. The Bertz CT molecular complexity index is 1370. The van der Waals surface area contributed by atoms with Crippen molar-refractivity contribution in [3.8, 4) is 6.07 Å². The fourth-order valence-corrected chi connectivity index (χ4v) is 6.54. The second-order valence-corrected chi connectivity index (χ2v) is 9.62. The molecule has 3 aliphatic rings. The van der Waals surface area contributed by atoms with Gasteiger partial charge in [0.2, 0.25) is 0 Å². The van der Waals surface area contributed by atoms with E-state index in [2.05, 4.69) is 11.4 Å².